The van der Waals surface area contributed by atoms with E-state index in [-0.39, 0.29) is 11.2 Å². The summed E-state index contributed by atoms with van der Waals surface area (Å²) in [4.78, 5) is 19.3. The third-order valence-electron chi connectivity index (χ3n) is 3.24. The van der Waals surface area contributed by atoms with Gasteiger partial charge < -0.3 is 16.8 Å². The van der Waals surface area contributed by atoms with Crippen molar-refractivity contribution in [2.24, 2.45) is 17.4 Å². The Morgan fingerprint density at radius 1 is 1.53 bits per heavy atom. The Kier molecular flexibility index (Phi) is 2.97. The zero-order chi connectivity index (χ0) is 12.5. The number of carbonyl (C=O) groups is 1. The fourth-order valence-corrected chi connectivity index (χ4v) is 1.92. The molecular formula is C11H17N5O. The first-order valence-electron chi connectivity index (χ1n) is 5.66. The van der Waals surface area contributed by atoms with Crippen LogP contribution in [0.5, 0.6) is 0 Å². The molecule has 6 heteroatoms. The Hall–Kier alpha value is -1.69. The molecule has 5 N–H and O–H groups in total. The zero-order valence-electron chi connectivity index (χ0n) is 9.81. The Balaban J connectivity index is 2.25. The van der Waals surface area contributed by atoms with Gasteiger partial charge in [0.25, 0.3) is 5.91 Å². The maximum atomic E-state index is 11.2. The van der Waals surface area contributed by atoms with Gasteiger partial charge >= 0.3 is 0 Å². The Morgan fingerprint density at radius 2 is 2.18 bits per heavy atom. The number of hydrogen-bond donors (Lipinski definition) is 3. The number of anilines is 1. The van der Waals surface area contributed by atoms with Crippen molar-refractivity contribution in [2.75, 3.05) is 11.9 Å². The second-order valence-corrected chi connectivity index (χ2v) is 4.64. The van der Waals surface area contributed by atoms with E-state index < -0.39 is 5.91 Å². The number of nitrogens with zero attached hydrogens (tertiary/aromatic N) is 2. The van der Waals surface area contributed by atoms with Gasteiger partial charge in [0, 0.05) is 18.9 Å². The van der Waals surface area contributed by atoms with E-state index in [0.717, 1.165) is 12.8 Å². The minimum absolute atomic E-state index is 0.160. The third-order valence-corrected chi connectivity index (χ3v) is 3.24. The lowest BCUT2D eigenvalue weighted by Crippen LogP contribution is -2.45. The summed E-state index contributed by atoms with van der Waals surface area (Å²) in [5.74, 6) is 0.353. The van der Waals surface area contributed by atoms with Crippen molar-refractivity contribution < 1.29 is 4.79 Å². The quantitative estimate of drug-likeness (QED) is 0.671. The minimum Gasteiger partial charge on any atom is -0.364 e. The van der Waals surface area contributed by atoms with Crippen LogP contribution in [0.3, 0.4) is 0 Å². The Labute approximate surface area is 99.8 Å². The highest BCUT2D eigenvalue weighted by atomic mass is 16.1. The first-order chi connectivity index (χ1) is 8.07. The topological polar surface area (TPSA) is 107 Å². The smallest absolute Gasteiger partial charge is 0.271 e. The average Bonchev–Trinajstić information content (AvgIpc) is 3.13. The number of carbonyl (C=O) groups excluding carboxylic acids is 1. The van der Waals surface area contributed by atoms with E-state index in [1.165, 1.54) is 12.4 Å². The molecule has 1 amide bonds. The molecule has 2 rings (SSSR count). The van der Waals surface area contributed by atoms with Crippen LogP contribution in [0.1, 0.15) is 30.3 Å². The van der Waals surface area contributed by atoms with Gasteiger partial charge in [-0.25, -0.2) is 9.97 Å². The molecule has 0 radical (unpaired) electrons. The van der Waals surface area contributed by atoms with E-state index in [9.17, 15) is 4.79 Å². The summed E-state index contributed by atoms with van der Waals surface area (Å²) in [7, 11) is 0. The molecule has 6 nitrogen and oxygen atoms in total. The second-order valence-electron chi connectivity index (χ2n) is 4.64. The van der Waals surface area contributed by atoms with Crippen LogP contribution in [0, 0.1) is 5.92 Å². The van der Waals surface area contributed by atoms with E-state index in [2.05, 4.69) is 15.3 Å². The summed E-state index contributed by atoms with van der Waals surface area (Å²) in [6, 6.07) is 0. The van der Waals surface area contributed by atoms with Gasteiger partial charge in [0.2, 0.25) is 0 Å². The van der Waals surface area contributed by atoms with Crippen LogP contribution in [-0.2, 0) is 0 Å². The number of nitrogens with one attached hydrogen (secondary N) is 1. The summed E-state index contributed by atoms with van der Waals surface area (Å²) in [5, 5.41) is 3.22. The van der Waals surface area contributed by atoms with Crippen molar-refractivity contribution in [1.82, 2.24) is 9.97 Å². The molecule has 1 unspecified atom stereocenters. The van der Waals surface area contributed by atoms with Crippen LogP contribution in [0.15, 0.2) is 12.4 Å². The van der Waals surface area contributed by atoms with Crippen LogP contribution < -0.4 is 16.8 Å². The summed E-state index contributed by atoms with van der Waals surface area (Å²) < 4.78 is 0. The summed E-state index contributed by atoms with van der Waals surface area (Å²) >= 11 is 0. The molecule has 1 heterocycles. The van der Waals surface area contributed by atoms with Crippen molar-refractivity contribution in [3.05, 3.63) is 18.1 Å². The van der Waals surface area contributed by atoms with E-state index in [1.807, 2.05) is 6.92 Å². The molecule has 1 aromatic heterocycles. The number of nitrogens with two attached hydrogens (primary N) is 2. The molecule has 1 saturated carbocycles. The molecule has 1 aromatic rings. The zero-order valence-corrected chi connectivity index (χ0v) is 9.81. The highest BCUT2D eigenvalue weighted by Gasteiger charge is 2.41. The van der Waals surface area contributed by atoms with Crippen molar-refractivity contribution in [2.45, 2.75) is 25.3 Å². The van der Waals surface area contributed by atoms with E-state index in [0.29, 0.717) is 18.3 Å². The molecule has 0 bridgehead atoms. The van der Waals surface area contributed by atoms with E-state index in [1.54, 1.807) is 0 Å². The van der Waals surface area contributed by atoms with Gasteiger partial charge in [-0.05, 0) is 25.7 Å². The number of primary amides is 1. The van der Waals surface area contributed by atoms with Gasteiger partial charge in [-0.2, -0.15) is 0 Å². The van der Waals surface area contributed by atoms with Crippen molar-refractivity contribution in [3.8, 4) is 0 Å². The largest absolute Gasteiger partial charge is 0.364 e. The molecule has 1 aliphatic carbocycles. The molecule has 17 heavy (non-hydrogen) atoms. The summed E-state index contributed by atoms with van der Waals surface area (Å²) in [6.07, 6.45) is 5.26. The fraction of sp³-hybridized carbons (Fsp3) is 0.545. The highest BCUT2D eigenvalue weighted by molar-refractivity contribution is 5.95. The van der Waals surface area contributed by atoms with Crippen molar-refractivity contribution in [1.29, 1.82) is 0 Å². The molecule has 0 spiro atoms. The fourth-order valence-electron chi connectivity index (χ4n) is 1.92. The molecule has 0 aromatic carbocycles. The average molecular weight is 235 g/mol. The molecule has 1 fully saturated rings. The molecular weight excluding hydrogens is 218 g/mol. The lowest BCUT2D eigenvalue weighted by atomic mass is 9.96. The normalized spacial score (nSPS) is 18.5. The van der Waals surface area contributed by atoms with Gasteiger partial charge in [-0.15, -0.1) is 0 Å². The van der Waals surface area contributed by atoms with Crippen molar-refractivity contribution >= 4 is 11.7 Å². The third kappa shape index (κ3) is 2.36. The predicted octanol–water partition coefficient (Wildman–Crippen LogP) is 0.115. The maximum absolute atomic E-state index is 11.2. The maximum Gasteiger partial charge on any atom is 0.271 e. The van der Waals surface area contributed by atoms with E-state index >= 15 is 0 Å². The highest BCUT2D eigenvalue weighted by Crippen LogP contribution is 2.40. The second kappa shape index (κ2) is 4.29. The van der Waals surface area contributed by atoms with Crippen molar-refractivity contribution in [3.63, 3.8) is 0 Å². The van der Waals surface area contributed by atoms with Gasteiger partial charge in [-0.1, -0.05) is 0 Å². The molecule has 1 atom stereocenters. The van der Waals surface area contributed by atoms with Crippen LogP contribution >= 0.6 is 0 Å². The van der Waals surface area contributed by atoms with Crippen LogP contribution in [0.25, 0.3) is 0 Å². The minimum atomic E-state index is -0.587. The molecule has 1 aliphatic rings. The lowest BCUT2D eigenvalue weighted by Gasteiger charge is -2.30. The predicted molar refractivity (Wildman–Crippen MR) is 64.4 cm³/mol. The Morgan fingerprint density at radius 3 is 2.71 bits per heavy atom. The standard InChI is InChI=1S/C11H17N5O/c1-11(6-12,7-2-3-7)16-10-8(9(13)17)14-4-5-15-10/h4-5,7H,2-3,6,12H2,1H3,(H2,13,17)(H,15,16). The number of amides is 1. The van der Waals surface area contributed by atoms with Gasteiger partial charge in [0.1, 0.15) is 0 Å². The van der Waals surface area contributed by atoms with Crippen LogP contribution in [-0.4, -0.2) is 28.0 Å². The lowest BCUT2D eigenvalue weighted by molar-refractivity contribution is 0.0996. The van der Waals surface area contributed by atoms with Gasteiger partial charge in [0.05, 0.1) is 5.54 Å². The first kappa shape index (κ1) is 11.8. The monoisotopic (exact) mass is 235 g/mol. The van der Waals surface area contributed by atoms with Gasteiger partial charge in [-0.3, -0.25) is 4.79 Å². The summed E-state index contributed by atoms with van der Waals surface area (Å²) in [5.41, 5.74) is 11.0. The SMILES string of the molecule is CC(CN)(Nc1nccnc1C(N)=O)C1CC1. The first-order valence-corrected chi connectivity index (χ1v) is 5.66. The number of rotatable bonds is 5. The number of aromatic nitrogens is 2. The van der Waals surface area contributed by atoms with Gasteiger partial charge in [0.15, 0.2) is 11.5 Å². The molecule has 92 valence electrons. The number of hydrogen-bond acceptors (Lipinski definition) is 5. The molecule has 0 saturated heterocycles. The Bertz CT molecular complexity index is 432. The van der Waals surface area contributed by atoms with E-state index in [4.69, 9.17) is 11.5 Å². The van der Waals surface area contributed by atoms with Crippen LogP contribution in [0.4, 0.5) is 5.82 Å². The molecule has 0 aliphatic heterocycles. The summed E-state index contributed by atoms with van der Waals surface area (Å²) in [6.45, 7) is 2.51. The van der Waals surface area contributed by atoms with Crippen LogP contribution in [0.2, 0.25) is 0 Å².